The lowest BCUT2D eigenvalue weighted by Gasteiger charge is -2.18. The topological polar surface area (TPSA) is 124 Å². The summed E-state index contributed by atoms with van der Waals surface area (Å²) in [7, 11) is -1.80. The molecule has 2 heterocycles. The van der Waals surface area contributed by atoms with Gasteiger partial charge in [0.15, 0.2) is 21.7 Å². The van der Waals surface area contributed by atoms with Gasteiger partial charge in [-0.3, -0.25) is 9.13 Å². The summed E-state index contributed by atoms with van der Waals surface area (Å²) in [6, 6.07) is 0.0818. The molecule has 2 aromatic heterocycles. The molecule has 0 saturated heterocycles. The Morgan fingerprint density at radius 1 is 1.16 bits per heavy atom. The van der Waals surface area contributed by atoms with Crippen LogP contribution in [0.15, 0.2) is 4.73 Å². The number of imidazole rings is 1. The van der Waals surface area contributed by atoms with E-state index in [4.69, 9.17) is 24.3 Å². The van der Waals surface area contributed by atoms with Crippen molar-refractivity contribution < 1.29 is 23.1 Å². The molecular weight excluding hydrogens is 417 g/mol. The zero-order chi connectivity index (χ0) is 18.4. The van der Waals surface area contributed by atoms with E-state index in [0.717, 1.165) is 0 Å². The second-order valence-electron chi connectivity index (χ2n) is 4.80. The van der Waals surface area contributed by atoms with Crippen molar-refractivity contribution in [2.24, 2.45) is 0 Å². The number of aromatic nitrogens is 4. The molecule has 0 saturated carbocycles. The van der Waals surface area contributed by atoms with Crippen LogP contribution in [0.3, 0.4) is 0 Å². The van der Waals surface area contributed by atoms with Crippen LogP contribution in [0.1, 0.15) is 13.8 Å². The van der Waals surface area contributed by atoms with Gasteiger partial charge in [0.2, 0.25) is 0 Å². The maximum atomic E-state index is 12.8. The molecule has 0 unspecified atom stereocenters. The summed E-state index contributed by atoms with van der Waals surface area (Å²) in [5, 5.41) is 0. The number of hydrogen-bond donors (Lipinski definition) is 1. The molecule has 0 radical (unpaired) electrons. The first-order valence-corrected chi connectivity index (χ1v) is 10.1. The molecule has 0 amide bonds. The molecule has 0 bridgehead atoms. The Bertz CT molecular complexity index is 761. The average molecular weight is 438 g/mol. The molecule has 10 nitrogen and oxygen atoms in total. The van der Waals surface area contributed by atoms with E-state index in [9.17, 15) is 4.57 Å². The zero-order valence-electron chi connectivity index (χ0n) is 14.3. The SMILES string of the molecule is CCOP(=O)(Cn1c(Br)nc2c(N)nc(OCCOC)nc21)OCC. The smallest absolute Gasteiger partial charge is 0.350 e. The van der Waals surface area contributed by atoms with Gasteiger partial charge in [0, 0.05) is 7.11 Å². The van der Waals surface area contributed by atoms with Crippen LogP contribution in [-0.2, 0) is 24.6 Å². The fourth-order valence-electron chi connectivity index (χ4n) is 2.07. The summed E-state index contributed by atoms with van der Waals surface area (Å²) >= 11 is 3.32. The molecule has 0 aliphatic heterocycles. The number of anilines is 1. The van der Waals surface area contributed by atoms with Crippen LogP contribution in [0.25, 0.3) is 11.2 Å². The lowest BCUT2D eigenvalue weighted by molar-refractivity contribution is 0.141. The number of methoxy groups -OCH3 is 1. The Hall–Kier alpha value is -1.26. The van der Waals surface area contributed by atoms with Gasteiger partial charge < -0.3 is 24.3 Å². The zero-order valence-corrected chi connectivity index (χ0v) is 16.7. The van der Waals surface area contributed by atoms with Gasteiger partial charge in [-0.2, -0.15) is 9.97 Å². The summed E-state index contributed by atoms with van der Waals surface area (Å²) in [6.45, 7) is 4.65. The third-order valence-corrected chi connectivity index (χ3v) is 5.58. The van der Waals surface area contributed by atoms with Crippen molar-refractivity contribution in [3.63, 3.8) is 0 Å². The van der Waals surface area contributed by atoms with Crippen LogP contribution < -0.4 is 10.5 Å². The maximum Gasteiger partial charge on any atom is 0.350 e. The number of rotatable bonds is 10. The number of nitrogens with zero attached hydrogens (tertiary/aromatic N) is 4. The van der Waals surface area contributed by atoms with E-state index in [1.165, 1.54) is 0 Å². The molecule has 2 N–H and O–H groups in total. The molecule has 25 heavy (non-hydrogen) atoms. The van der Waals surface area contributed by atoms with Gasteiger partial charge in [-0.25, -0.2) is 4.98 Å². The lowest BCUT2D eigenvalue weighted by atomic mass is 10.5. The van der Waals surface area contributed by atoms with Crippen molar-refractivity contribution >= 4 is 40.5 Å². The number of nitrogens with two attached hydrogens (primary N) is 1. The first-order chi connectivity index (χ1) is 11.9. The van der Waals surface area contributed by atoms with Crippen molar-refractivity contribution in [3.05, 3.63) is 4.73 Å². The minimum absolute atomic E-state index is 0.0697. The number of hydrogen-bond acceptors (Lipinski definition) is 9. The van der Waals surface area contributed by atoms with Gasteiger partial charge in [-0.05, 0) is 29.8 Å². The highest BCUT2D eigenvalue weighted by atomic mass is 79.9. The average Bonchev–Trinajstić information content (AvgIpc) is 2.85. The predicted octanol–water partition coefficient (Wildman–Crippen LogP) is 2.42. The molecule has 0 fully saturated rings. The first kappa shape index (κ1) is 20.1. The van der Waals surface area contributed by atoms with Crippen molar-refractivity contribution in [2.45, 2.75) is 20.1 Å². The Kier molecular flexibility index (Phi) is 7.14. The largest absolute Gasteiger partial charge is 0.461 e. The molecule has 0 aliphatic rings. The van der Waals surface area contributed by atoms with Crippen molar-refractivity contribution in [1.82, 2.24) is 19.5 Å². The Labute approximate surface area is 153 Å². The minimum atomic E-state index is -3.36. The van der Waals surface area contributed by atoms with Crippen molar-refractivity contribution in [1.29, 1.82) is 0 Å². The molecule has 12 heteroatoms. The van der Waals surface area contributed by atoms with E-state index in [0.29, 0.717) is 22.5 Å². The predicted molar refractivity (Wildman–Crippen MR) is 95.7 cm³/mol. The second-order valence-corrected chi connectivity index (χ2v) is 7.53. The fourth-order valence-corrected chi connectivity index (χ4v) is 4.37. The molecule has 2 rings (SSSR count). The van der Waals surface area contributed by atoms with E-state index in [2.05, 4.69) is 30.9 Å². The van der Waals surface area contributed by atoms with E-state index < -0.39 is 7.60 Å². The number of halogens is 1. The molecule has 0 spiro atoms. The van der Waals surface area contributed by atoms with Crippen molar-refractivity contribution in [3.8, 4) is 6.01 Å². The monoisotopic (exact) mass is 437 g/mol. The van der Waals surface area contributed by atoms with Crippen LogP contribution in [0.5, 0.6) is 6.01 Å². The van der Waals surface area contributed by atoms with Crippen LogP contribution >= 0.6 is 23.5 Å². The third kappa shape index (κ3) is 4.89. The van der Waals surface area contributed by atoms with Gasteiger partial charge in [-0.1, -0.05) is 0 Å². The van der Waals surface area contributed by atoms with E-state index in [1.54, 1.807) is 25.5 Å². The summed E-state index contributed by atoms with van der Waals surface area (Å²) in [4.78, 5) is 12.6. The first-order valence-electron chi connectivity index (χ1n) is 7.63. The highest BCUT2D eigenvalue weighted by molar-refractivity contribution is 9.10. The van der Waals surface area contributed by atoms with Gasteiger partial charge in [0.25, 0.3) is 0 Å². The highest BCUT2D eigenvalue weighted by Gasteiger charge is 2.28. The minimum Gasteiger partial charge on any atom is -0.461 e. The second kappa shape index (κ2) is 8.91. The van der Waals surface area contributed by atoms with E-state index >= 15 is 0 Å². The molecule has 0 aliphatic carbocycles. The summed E-state index contributed by atoms with van der Waals surface area (Å²) < 4.78 is 35.8. The van der Waals surface area contributed by atoms with Gasteiger partial charge >= 0.3 is 13.6 Å². The van der Waals surface area contributed by atoms with Gasteiger partial charge in [0.1, 0.15) is 12.9 Å². The van der Waals surface area contributed by atoms with E-state index in [1.807, 2.05) is 0 Å². The maximum absolute atomic E-state index is 12.8. The van der Waals surface area contributed by atoms with Crippen LogP contribution in [0.2, 0.25) is 0 Å². The molecule has 2 aromatic rings. The number of fused-ring (bicyclic) bond motifs is 1. The molecular formula is C13H21BrN5O5P. The molecule has 0 aromatic carbocycles. The quantitative estimate of drug-likeness (QED) is 0.338. The fraction of sp³-hybridized carbons (Fsp3) is 0.615. The van der Waals surface area contributed by atoms with Crippen LogP contribution in [0, 0.1) is 0 Å². The van der Waals surface area contributed by atoms with Crippen molar-refractivity contribution in [2.75, 3.05) is 39.3 Å². The Balaban J connectivity index is 2.41. The summed E-state index contributed by atoms with van der Waals surface area (Å²) in [5.41, 5.74) is 6.67. The van der Waals surface area contributed by atoms with Crippen LogP contribution in [0.4, 0.5) is 5.82 Å². The standard InChI is InChI=1S/C13H21BrN5O5P/c1-4-23-25(20,24-5-2)8-19-11-9(16-12(19)14)10(15)17-13(18-11)22-7-6-21-3/h4-8H2,1-3H3,(H2,15,17,18). The molecule has 0 atom stereocenters. The Morgan fingerprint density at radius 2 is 1.84 bits per heavy atom. The lowest BCUT2D eigenvalue weighted by Crippen LogP contribution is -2.10. The van der Waals surface area contributed by atoms with Gasteiger partial charge in [0.05, 0.1) is 19.8 Å². The number of nitrogen functional groups attached to an aromatic ring is 1. The molecule has 140 valence electrons. The number of ether oxygens (including phenoxy) is 2. The normalized spacial score (nSPS) is 12.0. The summed E-state index contributed by atoms with van der Waals surface area (Å²) in [6.07, 6.45) is -0.0697. The van der Waals surface area contributed by atoms with E-state index in [-0.39, 0.29) is 37.9 Å². The summed E-state index contributed by atoms with van der Waals surface area (Å²) in [5.74, 6) is 0.152. The highest BCUT2D eigenvalue weighted by Crippen LogP contribution is 2.50. The Morgan fingerprint density at radius 3 is 2.44 bits per heavy atom. The van der Waals surface area contributed by atoms with Gasteiger partial charge in [-0.15, -0.1) is 0 Å². The van der Waals surface area contributed by atoms with Crippen LogP contribution in [-0.4, -0.2) is 53.1 Å². The third-order valence-electron chi connectivity index (χ3n) is 3.04.